The summed E-state index contributed by atoms with van der Waals surface area (Å²) in [5, 5.41) is 13.8. The monoisotopic (exact) mass is 233 g/mol. The van der Waals surface area contributed by atoms with Gasteiger partial charge in [-0.1, -0.05) is 43.7 Å². The summed E-state index contributed by atoms with van der Waals surface area (Å²) in [5.74, 6) is 0.367. The standard InChI is InChI=1S/C15H23NO/c1-2-7-14(17)13-10-6-11-16-15(13)12-8-4-3-5-9-12/h3-5,8-9,13-17H,2,6-7,10-11H2,1H3/t13-,14-,15-/m0/s1. The molecular formula is C15H23NO. The third kappa shape index (κ3) is 3.08. The van der Waals surface area contributed by atoms with E-state index in [4.69, 9.17) is 0 Å². The molecule has 1 fully saturated rings. The lowest BCUT2D eigenvalue weighted by atomic mass is 9.81. The third-order valence-electron chi connectivity index (χ3n) is 3.74. The summed E-state index contributed by atoms with van der Waals surface area (Å²) in [4.78, 5) is 0. The van der Waals surface area contributed by atoms with Crippen LogP contribution in [0.2, 0.25) is 0 Å². The molecule has 2 nitrogen and oxygen atoms in total. The van der Waals surface area contributed by atoms with Crippen LogP contribution in [0.1, 0.15) is 44.2 Å². The Balaban J connectivity index is 2.12. The fourth-order valence-corrected chi connectivity index (χ4v) is 2.86. The molecule has 0 aliphatic carbocycles. The lowest BCUT2D eigenvalue weighted by Gasteiger charge is -2.36. The molecule has 3 atom stereocenters. The van der Waals surface area contributed by atoms with Crippen molar-refractivity contribution in [1.29, 1.82) is 0 Å². The van der Waals surface area contributed by atoms with Crippen LogP contribution in [-0.2, 0) is 0 Å². The first-order valence-electron chi connectivity index (χ1n) is 6.79. The number of nitrogens with one attached hydrogen (secondary N) is 1. The summed E-state index contributed by atoms with van der Waals surface area (Å²) in [5.41, 5.74) is 1.31. The number of aliphatic hydroxyl groups excluding tert-OH is 1. The highest BCUT2D eigenvalue weighted by Gasteiger charge is 2.30. The molecule has 1 saturated heterocycles. The summed E-state index contributed by atoms with van der Waals surface area (Å²) in [6.07, 6.45) is 4.11. The van der Waals surface area contributed by atoms with E-state index in [-0.39, 0.29) is 6.10 Å². The van der Waals surface area contributed by atoms with Gasteiger partial charge in [-0.3, -0.25) is 0 Å². The third-order valence-corrected chi connectivity index (χ3v) is 3.74. The van der Waals surface area contributed by atoms with E-state index in [2.05, 4.69) is 36.5 Å². The Labute approximate surface area is 104 Å². The maximum absolute atomic E-state index is 10.3. The molecule has 0 amide bonds. The van der Waals surface area contributed by atoms with E-state index in [1.807, 2.05) is 6.07 Å². The first-order chi connectivity index (χ1) is 8.33. The zero-order valence-electron chi connectivity index (χ0n) is 10.6. The summed E-state index contributed by atoms with van der Waals surface area (Å²) in [6.45, 7) is 3.20. The number of benzene rings is 1. The molecule has 1 aromatic carbocycles. The van der Waals surface area contributed by atoms with Gasteiger partial charge in [0.2, 0.25) is 0 Å². The van der Waals surface area contributed by atoms with Gasteiger partial charge in [0.25, 0.3) is 0 Å². The van der Waals surface area contributed by atoms with Crippen LogP contribution in [-0.4, -0.2) is 17.8 Å². The van der Waals surface area contributed by atoms with Crippen LogP contribution in [0.15, 0.2) is 30.3 Å². The number of aliphatic hydroxyl groups is 1. The molecule has 2 heteroatoms. The molecule has 2 N–H and O–H groups in total. The maximum atomic E-state index is 10.3. The van der Waals surface area contributed by atoms with Gasteiger partial charge < -0.3 is 10.4 Å². The zero-order chi connectivity index (χ0) is 12.1. The first-order valence-corrected chi connectivity index (χ1v) is 6.79. The van der Waals surface area contributed by atoms with Crippen molar-refractivity contribution >= 4 is 0 Å². The zero-order valence-corrected chi connectivity index (χ0v) is 10.6. The van der Waals surface area contributed by atoms with Crippen molar-refractivity contribution in [2.45, 2.75) is 44.8 Å². The maximum Gasteiger partial charge on any atom is 0.0586 e. The van der Waals surface area contributed by atoms with Crippen molar-refractivity contribution in [1.82, 2.24) is 5.32 Å². The molecule has 0 unspecified atom stereocenters. The van der Waals surface area contributed by atoms with E-state index in [9.17, 15) is 5.11 Å². The number of rotatable bonds is 4. The van der Waals surface area contributed by atoms with E-state index in [0.29, 0.717) is 12.0 Å². The first kappa shape index (κ1) is 12.6. The van der Waals surface area contributed by atoms with Crippen LogP contribution in [0.5, 0.6) is 0 Å². The van der Waals surface area contributed by atoms with Gasteiger partial charge in [0.1, 0.15) is 0 Å². The van der Waals surface area contributed by atoms with Crippen LogP contribution < -0.4 is 5.32 Å². The average Bonchev–Trinajstić information content (AvgIpc) is 2.40. The van der Waals surface area contributed by atoms with Crippen molar-refractivity contribution in [3.8, 4) is 0 Å². The normalized spacial score (nSPS) is 26.7. The molecular weight excluding hydrogens is 210 g/mol. The highest BCUT2D eigenvalue weighted by atomic mass is 16.3. The highest BCUT2D eigenvalue weighted by Crippen LogP contribution is 2.33. The molecule has 1 heterocycles. The van der Waals surface area contributed by atoms with Crippen LogP contribution in [0.25, 0.3) is 0 Å². The number of hydrogen-bond donors (Lipinski definition) is 2. The fraction of sp³-hybridized carbons (Fsp3) is 0.600. The molecule has 0 saturated carbocycles. The Morgan fingerprint density at radius 2 is 2.12 bits per heavy atom. The van der Waals surface area contributed by atoms with Crippen molar-refractivity contribution in [3.63, 3.8) is 0 Å². The molecule has 1 aromatic rings. The Hall–Kier alpha value is -0.860. The van der Waals surface area contributed by atoms with Crippen molar-refractivity contribution < 1.29 is 5.11 Å². The molecule has 17 heavy (non-hydrogen) atoms. The van der Waals surface area contributed by atoms with Gasteiger partial charge in [0.15, 0.2) is 0 Å². The summed E-state index contributed by atoms with van der Waals surface area (Å²) in [7, 11) is 0. The Morgan fingerprint density at radius 3 is 2.82 bits per heavy atom. The smallest absolute Gasteiger partial charge is 0.0586 e. The van der Waals surface area contributed by atoms with Gasteiger partial charge >= 0.3 is 0 Å². The van der Waals surface area contributed by atoms with Crippen molar-refractivity contribution in [3.05, 3.63) is 35.9 Å². The van der Waals surface area contributed by atoms with Crippen LogP contribution in [0, 0.1) is 5.92 Å². The Kier molecular flexibility index (Phi) is 4.57. The van der Waals surface area contributed by atoms with E-state index in [1.54, 1.807) is 0 Å². The molecule has 1 aliphatic heterocycles. The quantitative estimate of drug-likeness (QED) is 0.838. The predicted octanol–water partition coefficient (Wildman–Crippen LogP) is 2.89. The van der Waals surface area contributed by atoms with E-state index in [1.165, 1.54) is 12.0 Å². The van der Waals surface area contributed by atoms with Gasteiger partial charge in [-0.15, -0.1) is 0 Å². The predicted molar refractivity (Wildman–Crippen MR) is 70.8 cm³/mol. The molecule has 1 aliphatic rings. The Morgan fingerprint density at radius 1 is 1.35 bits per heavy atom. The molecule has 0 radical (unpaired) electrons. The van der Waals surface area contributed by atoms with Gasteiger partial charge in [-0.05, 0) is 31.4 Å². The highest BCUT2D eigenvalue weighted by molar-refractivity contribution is 5.20. The van der Waals surface area contributed by atoms with Gasteiger partial charge in [0, 0.05) is 12.0 Å². The largest absolute Gasteiger partial charge is 0.393 e. The summed E-state index contributed by atoms with van der Waals surface area (Å²) in [6, 6.07) is 10.9. The van der Waals surface area contributed by atoms with Gasteiger partial charge in [0.05, 0.1) is 6.10 Å². The number of piperidine rings is 1. The fourth-order valence-electron chi connectivity index (χ4n) is 2.86. The lowest BCUT2D eigenvalue weighted by Crippen LogP contribution is -2.40. The Bertz CT molecular complexity index is 325. The number of hydrogen-bond acceptors (Lipinski definition) is 2. The molecule has 0 aromatic heterocycles. The molecule has 2 rings (SSSR count). The topological polar surface area (TPSA) is 32.3 Å². The molecule has 0 spiro atoms. The van der Waals surface area contributed by atoms with E-state index in [0.717, 1.165) is 25.8 Å². The molecule has 0 bridgehead atoms. The van der Waals surface area contributed by atoms with Gasteiger partial charge in [-0.2, -0.15) is 0 Å². The van der Waals surface area contributed by atoms with Crippen LogP contribution in [0.4, 0.5) is 0 Å². The second-order valence-electron chi connectivity index (χ2n) is 5.00. The average molecular weight is 233 g/mol. The van der Waals surface area contributed by atoms with Crippen molar-refractivity contribution in [2.24, 2.45) is 5.92 Å². The second-order valence-corrected chi connectivity index (χ2v) is 5.00. The molecule has 94 valence electrons. The minimum Gasteiger partial charge on any atom is -0.393 e. The van der Waals surface area contributed by atoms with E-state index >= 15 is 0 Å². The van der Waals surface area contributed by atoms with Crippen molar-refractivity contribution in [2.75, 3.05) is 6.54 Å². The van der Waals surface area contributed by atoms with Crippen LogP contribution >= 0.6 is 0 Å². The SMILES string of the molecule is CCC[C@H](O)[C@@H]1CCCN[C@H]1c1ccccc1. The second kappa shape index (κ2) is 6.18. The van der Waals surface area contributed by atoms with E-state index < -0.39 is 0 Å². The minimum atomic E-state index is -0.169. The summed E-state index contributed by atoms with van der Waals surface area (Å²) >= 11 is 0. The minimum absolute atomic E-state index is 0.169. The van der Waals surface area contributed by atoms with Gasteiger partial charge in [-0.25, -0.2) is 0 Å². The summed E-state index contributed by atoms with van der Waals surface area (Å²) < 4.78 is 0. The lowest BCUT2D eigenvalue weighted by molar-refractivity contribution is 0.0578. The van der Waals surface area contributed by atoms with Crippen LogP contribution in [0.3, 0.4) is 0 Å².